The highest BCUT2D eigenvalue weighted by Crippen LogP contribution is 2.45. The average Bonchev–Trinajstić information content (AvgIpc) is 3.04. The van der Waals surface area contributed by atoms with Crippen molar-refractivity contribution in [2.24, 2.45) is 0 Å². The fourth-order valence-electron chi connectivity index (χ4n) is 3.95. The van der Waals surface area contributed by atoms with Crippen LogP contribution >= 0.6 is 0 Å². The molecule has 0 spiro atoms. The monoisotopic (exact) mass is 387 g/mol. The second kappa shape index (κ2) is 6.78. The number of carbonyl (C=O) groups excluding carboxylic acids is 2. The van der Waals surface area contributed by atoms with Crippen LogP contribution in [0.3, 0.4) is 0 Å². The molecule has 6 heteroatoms. The maximum absolute atomic E-state index is 13.3. The smallest absolute Gasteiger partial charge is 0.258 e. The molecule has 4 rings (SSSR count). The third kappa shape index (κ3) is 3.05. The number of ether oxygens (including phenoxy) is 1. The van der Waals surface area contributed by atoms with Crippen LogP contribution in [-0.4, -0.2) is 41.3 Å². The molecule has 0 radical (unpaired) electrons. The largest absolute Gasteiger partial charge is 0.483 e. The molecule has 0 aromatic heterocycles. The lowest BCUT2D eigenvalue weighted by atomic mass is 9.88. The van der Waals surface area contributed by atoms with E-state index in [1.165, 1.54) is 4.90 Å². The summed E-state index contributed by atoms with van der Waals surface area (Å²) in [6.07, 6.45) is 0.752. The van der Waals surface area contributed by atoms with Gasteiger partial charge < -0.3 is 14.5 Å². The van der Waals surface area contributed by atoms with Gasteiger partial charge >= 0.3 is 0 Å². The highest BCUT2D eigenvalue weighted by molar-refractivity contribution is 6.04. The van der Waals surface area contributed by atoms with E-state index in [4.69, 9.17) is 4.74 Å². The zero-order valence-corrected chi connectivity index (χ0v) is 16.6. The predicted octanol–water partition coefficient (Wildman–Crippen LogP) is 3.18. The van der Waals surface area contributed by atoms with Crippen LogP contribution < -0.4 is 4.74 Å². The van der Waals surface area contributed by atoms with Gasteiger partial charge in [0.15, 0.2) is 0 Å². The van der Waals surface area contributed by atoms with E-state index in [-0.39, 0.29) is 5.91 Å². The van der Waals surface area contributed by atoms with Crippen LogP contribution in [0.1, 0.15) is 40.9 Å². The van der Waals surface area contributed by atoms with Crippen molar-refractivity contribution in [1.29, 1.82) is 5.26 Å². The third-order valence-electron chi connectivity index (χ3n) is 5.42. The Morgan fingerprint density at radius 3 is 2.69 bits per heavy atom. The first-order chi connectivity index (χ1) is 13.9. The molecule has 0 aliphatic carbocycles. The summed E-state index contributed by atoms with van der Waals surface area (Å²) in [6.45, 7) is 4.60. The summed E-state index contributed by atoms with van der Waals surface area (Å²) in [4.78, 5) is 27.9. The van der Waals surface area contributed by atoms with E-state index in [2.05, 4.69) is 6.07 Å². The van der Waals surface area contributed by atoms with E-state index in [1.807, 2.05) is 38.1 Å². The van der Waals surface area contributed by atoms with E-state index < -0.39 is 5.60 Å². The molecule has 0 atom stereocenters. The number of nitrogens with zero attached hydrogens (tertiary/aromatic N) is 3. The molecule has 2 aromatic rings. The maximum Gasteiger partial charge on any atom is 0.258 e. The normalized spacial score (nSPS) is 16.6. The van der Waals surface area contributed by atoms with E-state index in [0.29, 0.717) is 41.2 Å². The number of likely N-dealkylation sites (N-methyl/N-ethyl adjacent to an activating group) is 1. The Balaban J connectivity index is 1.95. The van der Waals surface area contributed by atoms with Gasteiger partial charge in [-0.3, -0.25) is 9.59 Å². The van der Waals surface area contributed by atoms with Crippen molar-refractivity contribution in [3.05, 3.63) is 70.3 Å². The Morgan fingerprint density at radius 2 is 2.00 bits per heavy atom. The van der Waals surface area contributed by atoms with Crippen LogP contribution in [-0.2, 0) is 11.3 Å². The lowest BCUT2D eigenvalue weighted by molar-refractivity contribution is -0.116. The summed E-state index contributed by atoms with van der Waals surface area (Å²) in [6, 6.07) is 14.9. The number of carbonyl (C=O) groups is 2. The minimum Gasteiger partial charge on any atom is -0.483 e. The Kier molecular flexibility index (Phi) is 4.39. The number of amides is 2. The molecule has 0 saturated carbocycles. The second-order valence-corrected chi connectivity index (χ2v) is 7.83. The van der Waals surface area contributed by atoms with Gasteiger partial charge in [0.05, 0.1) is 23.9 Å². The van der Waals surface area contributed by atoms with Crippen molar-refractivity contribution in [2.45, 2.75) is 26.0 Å². The molecule has 0 fully saturated rings. The van der Waals surface area contributed by atoms with Crippen LogP contribution in [0.4, 0.5) is 0 Å². The number of hydrogen-bond acceptors (Lipinski definition) is 4. The number of nitriles is 1. The van der Waals surface area contributed by atoms with E-state index in [0.717, 1.165) is 17.5 Å². The first kappa shape index (κ1) is 18.8. The van der Waals surface area contributed by atoms with Crippen molar-refractivity contribution >= 4 is 18.0 Å². The van der Waals surface area contributed by atoms with Gasteiger partial charge in [0.2, 0.25) is 6.41 Å². The zero-order valence-electron chi connectivity index (χ0n) is 16.6. The molecule has 2 amide bonds. The van der Waals surface area contributed by atoms with Gasteiger partial charge in [0.1, 0.15) is 11.4 Å². The highest BCUT2D eigenvalue weighted by Gasteiger charge is 2.41. The number of benzene rings is 2. The van der Waals surface area contributed by atoms with Gasteiger partial charge in [-0.1, -0.05) is 18.2 Å². The van der Waals surface area contributed by atoms with E-state index >= 15 is 0 Å². The molecule has 29 heavy (non-hydrogen) atoms. The minimum absolute atomic E-state index is 0.0899. The van der Waals surface area contributed by atoms with Crippen molar-refractivity contribution in [2.75, 3.05) is 13.6 Å². The quantitative estimate of drug-likeness (QED) is 0.756. The fourth-order valence-corrected chi connectivity index (χ4v) is 3.95. The van der Waals surface area contributed by atoms with Gasteiger partial charge in [-0.25, -0.2) is 0 Å². The minimum atomic E-state index is -0.733. The molecule has 6 nitrogen and oxygen atoms in total. The van der Waals surface area contributed by atoms with Gasteiger partial charge in [0.25, 0.3) is 5.91 Å². The van der Waals surface area contributed by atoms with Gasteiger partial charge in [-0.15, -0.1) is 0 Å². The Morgan fingerprint density at radius 1 is 1.24 bits per heavy atom. The Bertz CT molecular complexity index is 1090. The maximum atomic E-state index is 13.3. The van der Waals surface area contributed by atoms with Crippen LogP contribution in [0.2, 0.25) is 0 Å². The summed E-state index contributed by atoms with van der Waals surface area (Å²) in [5, 5.41) is 9.39. The van der Waals surface area contributed by atoms with Crippen molar-refractivity contribution < 1.29 is 14.3 Å². The summed E-state index contributed by atoms with van der Waals surface area (Å²) < 4.78 is 6.23. The SMILES string of the molecule is CN(C=O)CC1=C(N2Cc3ccccc3C2=O)c2cc(C#N)ccc2OC1(C)C. The number of fused-ring (bicyclic) bond motifs is 2. The zero-order chi connectivity index (χ0) is 20.8. The standard InChI is InChI=1S/C23H21N3O3/c1-23(2)19(13-25(3)14-27)21(18-10-15(11-24)8-9-20(18)29-23)26-12-16-6-4-5-7-17(16)22(26)28/h4-10,14H,12-13H2,1-3H3. The molecular weight excluding hydrogens is 366 g/mol. The molecule has 0 N–H and O–H groups in total. The highest BCUT2D eigenvalue weighted by atomic mass is 16.5. The Labute approximate surface area is 169 Å². The summed E-state index contributed by atoms with van der Waals surface area (Å²) >= 11 is 0. The molecule has 2 heterocycles. The molecule has 146 valence electrons. The summed E-state index contributed by atoms with van der Waals surface area (Å²) in [7, 11) is 1.69. The molecule has 2 aliphatic rings. The lowest BCUT2D eigenvalue weighted by Gasteiger charge is -2.40. The first-order valence-corrected chi connectivity index (χ1v) is 9.38. The number of hydrogen-bond donors (Lipinski definition) is 0. The third-order valence-corrected chi connectivity index (χ3v) is 5.42. The summed E-state index contributed by atoms with van der Waals surface area (Å²) in [5.41, 5.74) is 3.60. The van der Waals surface area contributed by atoms with Crippen molar-refractivity contribution in [3.8, 4) is 11.8 Å². The van der Waals surface area contributed by atoms with Crippen LogP contribution in [0.5, 0.6) is 5.75 Å². The van der Waals surface area contributed by atoms with Crippen LogP contribution in [0.25, 0.3) is 5.70 Å². The van der Waals surface area contributed by atoms with Gasteiger partial charge in [-0.2, -0.15) is 5.26 Å². The van der Waals surface area contributed by atoms with Gasteiger partial charge in [-0.05, 0) is 43.7 Å². The second-order valence-electron chi connectivity index (χ2n) is 7.83. The lowest BCUT2D eigenvalue weighted by Crippen LogP contribution is -2.42. The predicted molar refractivity (Wildman–Crippen MR) is 108 cm³/mol. The van der Waals surface area contributed by atoms with Crippen LogP contribution in [0, 0.1) is 11.3 Å². The molecule has 2 aromatic carbocycles. The van der Waals surface area contributed by atoms with Crippen molar-refractivity contribution in [1.82, 2.24) is 9.80 Å². The Hall–Kier alpha value is -3.59. The fraction of sp³-hybridized carbons (Fsp3) is 0.261. The molecule has 0 bridgehead atoms. The first-order valence-electron chi connectivity index (χ1n) is 9.38. The number of rotatable bonds is 4. The van der Waals surface area contributed by atoms with E-state index in [9.17, 15) is 14.9 Å². The van der Waals surface area contributed by atoms with E-state index in [1.54, 1.807) is 30.1 Å². The molecule has 0 saturated heterocycles. The van der Waals surface area contributed by atoms with Crippen molar-refractivity contribution in [3.63, 3.8) is 0 Å². The van der Waals surface area contributed by atoms with Crippen LogP contribution in [0.15, 0.2) is 48.0 Å². The topological polar surface area (TPSA) is 73.6 Å². The molecule has 2 aliphatic heterocycles. The summed E-state index contributed by atoms with van der Waals surface area (Å²) in [5.74, 6) is 0.526. The molecular formula is C23H21N3O3. The van der Waals surface area contributed by atoms with Gasteiger partial charge in [0, 0.05) is 30.3 Å². The molecule has 0 unspecified atom stereocenters. The average molecular weight is 387 g/mol.